The van der Waals surface area contributed by atoms with Gasteiger partial charge in [0.05, 0.1) is 6.61 Å². The number of rotatable bonds is 3. The van der Waals surface area contributed by atoms with Crippen molar-refractivity contribution < 1.29 is 14.3 Å². The molecule has 0 aliphatic carbocycles. The highest BCUT2D eigenvalue weighted by Crippen LogP contribution is 2.32. The third kappa shape index (κ3) is 4.38. The first kappa shape index (κ1) is 15.7. The Morgan fingerprint density at radius 3 is 2.33 bits per heavy atom. The Bertz CT molecular complexity index is 496. The average molecular weight is 291 g/mol. The van der Waals surface area contributed by atoms with Gasteiger partial charge in [-0.3, -0.25) is 0 Å². The van der Waals surface area contributed by atoms with Gasteiger partial charge in [-0.2, -0.15) is 0 Å². The molecule has 1 fully saturated rings. The summed E-state index contributed by atoms with van der Waals surface area (Å²) in [6, 6.07) is 8.02. The van der Waals surface area contributed by atoms with Crippen LogP contribution in [0.3, 0.4) is 0 Å². The summed E-state index contributed by atoms with van der Waals surface area (Å²) >= 11 is 0. The van der Waals surface area contributed by atoms with Gasteiger partial charge in [0.25, 0.3) is 0 Å². The van der Waals surface area contributed by atoms with E-state index in [1.54, 1.807) is 4.90 Å². The number of carbonyl (C=O) groups is 1. The van der Waals surface area contributed by atoms with Gasteiger partial charge in [-0.15, -0.1) is 0 Å². The highest BCUT2D eigenvalue weighted by molar-refractivity contribution is 5.69. The van der Waals surface area contributed by atoms with Crippen molar-refractivity contribution in [2.75, 3.05) is 19.7 Å². The average Bonchev–Trinajstić information content (AvgIpc) is 2.32. The number of benzene rings is 1. The second-order valence-electron chi connectivity index (χ2n) is 7.25. The third-order valence-corrected chi connectivity index (χ3v) is 3.41. The van der Waals surface area contributed by atoms with Crippen LogP contribution in [0.25, 0.3) is 0 Å². The smallest absolute Gasteiger partial charge is 0.410 e. The molecule has 1 aromatic rings. The summed E-state index contributed by atoms with van der Waals surface area (Å²) in [6.45, 7) is 11.8. The molecule has 0 spiro atoms. The molecule has 0 radical (unpaired) electrons. The SMILES string of the molecule is Cc1ccc(OCC2(C)CN(C(=O)OC(C)(C)C)C2)cc1. The van der Waals surface area contributed by atoms with Gasteiger partial charge < -0.3 is 14.4 Å². The summed E-state index contributed by atoms with van der Waals surface area (Å²) in [4.78, 5) is 13.6. The number of hydrogen-bond acceptors (Lipinski definition) is 3. The molecule has 1 aromatic carbocycles. The number of likely N-dealkylation sites (tertiary alicyclic amines) is 1. The van der Waals surface area contributed by atoms with Crippen LogP contribution in [-0.2, 0) is 4.74 Å². The fraction of sp³-hybridized carbons (Fsp3) is 0.588. The molecular weight excluding hydrogens is 266 g/mol. The Morgan fingerprint density at radius 2 is 1.81 bits per heavy atom. The van der Waals surface area contributed by atoms with Crippen molar-refractivity contribution in [2.45, 2.75) is 40.2 Å². The van der Waals surface area contributed by atoms with Crippen LogP contribution in [0, 0.1) is 12.3 Å². The second kappa shape index (κ2) is 5.58. The van der Waals surface area contributed by atoms with Crippen LogP contribution < -0.4 is 4.74 Å². The lowest BCUT2D eigenvalue weighted by atomic mass is 9.83. The molecule has 4 nitrogen and oxygen atoms in total. The summed E-state index contributed by atoms with van der Waals surface area (Å²) in [7, 11) is 0. The van der Waals surface area contributed by atoms with Gasteiger partial charge in [0.15, 0.2) is 0 Å². The maximum atomic E-state index is 11.9. The number of amides is 1. The van der Waals surface area contributed by atoms with Crippen LogP contribution in [0.5, 0.6) is 5.75 Å². The van der Waals surface area contributed by atoms with Crippen molar-refractivity contribution in [3.05, 3.63) is 29.8 Å². The minimum absolute atomic E-state index is 0.00178. The fourth-order valence-corrected chi connectivity index (χ4v) is 2.31. The number of nitrogens with zero attached hydrogens (tertiary/aromatic N) is 1. The Kier molecular flexibility index (Phi) is 4.17. The van der Waals surface area contributed by atoms with Gasteiger partial charge in [0, 0.05) is 18.5 Å². The highest BCUT2D eigenvalue weighted by Gasteiger charge is 2.43. The molecule has 1 amide bonds. The predicted molar refractivity (Wildman–Crippen MR) is 82.6 cm³/mol. The molecular formula is C17H25NO3. The molecule has 1 heterocycles. The minimum Gasteiger partial charge on any atom is -0.493 e. The minimum atomic E-state index is -0.443. The molecule has 0 atom stereocenters. The maximum Gasteiger partial charge on any atom is 0.410 e. The number of aryl methyl sites for hydroxylation is 1. The Hall–Kier alpha value is -1.71. The largest absolute Gasteiger partial charge is 0.493 e. The Balaban J connectivity index is 1.79. The van der Waals surface area contributed by atoms with E-state index in [9.17, 15) is 4.79 Å². The molecule has 116 valence electrons. The van der Waals surface area contributed by atoms with E-state index in [4.69, 9.17) is 9.47 Å². The normalized spacial score (nSPS) is 17.1. The summed E-state index contributed by atoms with van der Waals surface area (Å²) in [5, 5.41) is 0. The zero-order valence-electron chi connectivity index (χ0n) is 13.6. The molecule has 4 heteroatoms. The number of carbonyl (C=O) groups excluding carboxylic acids is 1. The molecule has 1 saturated heterocycles. The van der Waals surface area contributed by atoms with E-state index < -0.39 is 5.60 Å². The third-order valence-electron chi connectivity index (χ3n) is 3.41. The van der Waals surface area contributed by atoms with E-state index in [1.807, 2.05) is 45.0 Å². The lowest BCUT2D eigenvalue weighted by Crippen LogP contribution is -2.60. The molecule has 0 unspecified atom stereocenters. The van der Waals surface area contributed by atoms with Crippen molar-refractivity contribution in [2.24, 2.45) is 5.41 Å². The van der Waals surface area contributed by atoms with Gasteiger partial charge in [0.2, 0.25) is 0 Å². The zero-order valence-corrected chi connectivity index (χ0v) is 13.6. The van der Waals surface area contributed by atoms with E-state index in [0.29, 0.717) is 19.7 Å². The number of hydrogen-bond donors (Lipinski definition) is 0. The Morgan fingerprint density at radius 1 is 1.24 bits per heavy atom. The molecule has 21 heavy (non-hydrogen) atoms. The summed E-state index contributed by atoms with van der Waals surface area (Å²) in [5.74, 6) is 0.873. The molecule has 1 aliphatic rings. The molecule has 0 aromatic heterocycles. The van der Waals surface area contributed by atoms with Crippen LogP contribution in [0.1, 0.15) is 33.3 Å². The van der Waals surface area contributed by atoms with Crippen molar-refractivity contribution in [3.8, 4) is 5.75 Å². The monoisotopic (exact) mass is 291 g/mol. The van der Waals surface area contributed by atoms with Gasteiger partial charge in [-0.05, 0) is 39.8 Å². The molecule has 0 N–H and O–H groups in total. The van der Waals surface area contributed by atoms with E-state index in [1.165, 1.54) is 5.56 Å². The first-order valence-electron chi connectivity index (χ1n) is 7.34. The van der Waals surface area contributed by atoms with Crippen molar-refractivity contribution in [1.82, 2.24) is 4.90 Å². The molecule has 2 rings (SSSR count). The molecule has 1 aliphatic heterocycles. The lowest BCUT2D eigenvalue weighted by Gasteiger charge is -2.47. The van der Waals surface area contributed by atoms with E-state index >= 15 is 0 Å². The zero-order chi connectivity index (χ0) is 15.7. The van der Waals surface area contributed by atoms with Crippen molar-refractivity contribution in [1.29, 1.82) is 0 Å². The van der Waals surface area contributed by atoms with E-state index in [0.717, 1.165) is 5.75 Å². The van der Waals surface area contributed by atoms with E-state index in [-0.39, 0.29) is 11.5 Å². The standard InChI is InChI=1S/C17H25NO3/c1-13-6-8-14(9-7-13)20-12-17(5)10-18(11-17)15(19)21-16(2,3)4/h6-9H,10-12H2,1-5H3. The fourth-order valence-electron chi connectivity index (χ4n) is 2.31. The first-order chi connectivity index (χ1) is 9.67. The van der Waals surface area contributed by atoms with Crippen LogP contribution in [0.4, 0.5) is 4.79 Å². The van der Waals surface area contributed by atoms with Crippen LogP contribution in [0.2, 0.25) is 0 Å². The highest BCUT2D eigenvalue weighted by atomic mass is 16.6. The van der Waals surface area contributed by atoms with Crippen molar-refractivity contribution in [3.63, 3.8) is 0 Å². The topological polar surface area (TPSA) is 38.8 Å². The summed E-state index contributed by atoms with van der Waals surface area (Å²) in [6.07, 6.45) is -0.240. The van der Waals surface area contributed by atoms with Crippen LogP contribution >= 0.6 is 0 Å². The summed E-state index contributed by atoms with van der Waals surface area (Å²) in [5.41, 5.74) is 0.775. The molecule has 0 bridgehead atoms. The van der Waals surface area contributed by atoms with Crippen molar-refractivity contribution >= 4 is 6.09 Å². The second-order valence-corrected chi connectivity index (χ2v) is 7.25. The Labute approximate surface area is 127 Å². The van der Waals surface area contributed by atoms with Gasteiger partial charge in [-0.1, -0.05) is 24.6 Å². The predicted octanol–water partition coefficient (Wildman–Crippen LogP) is 3.63. The van der Waals surface area contributed by atoms with Crippen LogP contribution in [-0.4, -0.2) is 36.3 Å². The lowest BCUT2D eigenvalue weighted by molar-refractivity contribution is -0.0428. The van der Waals surface area contributed by atoms with E-state index in [2.05, 4.69) is 13.8 Å². The van der Waals surface area contributed by atoms with Crippen LogP contribution in [0.15, 0.2) is 24.3 Å². The van der Waals surface area contributed by atoms with Gasteiger partial charge >= 0.3 is 6.09 Å². The maximum absolute atomic E-state index is 11.9. The van der Waals surface area contributed by atoms with Gasteiger partial charge in [0.1, 0.15) is 11.4 Å². The first-order valence-corrected chi connectivity index (χ1v) is 7.34. The van der Waals surface area contributed by atoms with Gasteiger partial charge in [-0.25, -0.2) is 4.79 Å². The number of ether oxygens (including phenoxy) is 2. The molecule has 0 saturated carbocycles. The summed E-state index contributed by atoms with van der Waals surface area (Å²) < 4.78 is 11.2. The quantitative estimate of drug-likeness (QED) is 0.853.